The topological polar surface area (TPSA) is 140 Å². The zero-order chi connectivity index (χ0) is 34.1. The van der Waals surface area contributed by atoms with E-state index in [0.29, 0.717) is 49.4 Å². The lowest BCUT2D eigenvalue weighted by Crippen LogP contribution is -2.58. The average molecular weight is 672 g/mol. The highest BCUT2D eigenvalue weighted by Crippen LogP contribution is 2.46. The van der Waals surface area contributed by atoms with Gasteiger partial charge in [-0.15, -0.1) is 0 Å². The van der Waals surface area contributed by atoms with Gasteiger partial charge in [-0.05, 0) is 90.1 Å². The number of ether oxygens (including phenoxy) is 2. The van der Waals surface area contributed by atoms with Crippen LogP contribution in [0.3, 0.4) is 0 Å². The monoisotopic (exact) mass is 671 g/mol. The molecule has 0 radical (unpaired) electrons. The number of aromatic nitrogens is 5. The molecule has 1 aromatic carbocycles. The summed E-state index contributed by atoms with van der Waals surface area (Å²) in [4.78, 5) is 43.4. The Hall–Kier alpha value is -4.43. The zero-order valence-corrected chi connectivity index (χ0v) is 28.4. The molecule has 4 aliphatic rings. The molecule has 49 heavy (non-hydrogen) atoms. The van der Waals surface area contributed by atoms with Crippen LogP contribution in [-0.4, -0.2) is 94.1 Å². The maximum absolute atomic E-state index is 17.1. The number of nitrogens with zero attached hydrogens (tertiary/aromatic N) is 7. The average Bonchev–Trinajstić information content (AvgIpc) is 3.62. The van der Waals surface area contributed by atoms with Crippen LogP contribution in [0.2, 0.25) is 0 Å². The molecule has 0 bridgehead atoms. The first-order valence-corrected chi connectivity index (χ1v) is 17.2. The minimum absolute atomic E-state index is 0.00217. The van der Waals surface area contributed by atoms with Crippen molar-refractivity contribution in [3.63, 3.8) is 0 Å². The molecule has 3 aromatic heterocycles. The molecular formula is C35H42FN9O4. The van der Waals surface area contributed by atoms with Crippen LogP contribution in [0.5, 0.6) is 6.01 Å². The van der Waals surface area contributed by atoms with E-state index in [4.69, 9.17) is 24.5 Å². The fraction of sp³-hybridized carbons (Fsp3) is 0.543. The number of hydrogen-bond acceptors (Lipinski definition) is 10. The zero-order valence-electron chi connectivity index (χ0n) is 28.4. The summed E-state index contributed by atoms with van der Waals surface area (Å²) in [6.07, 6.45) is 9.31. The second-order valence-corrected chi connectivity index (χ2v) is 14.6. The lowest BCUT2D eigenvalue weighted by atomic mass is 9.89. The number of anilines is 1. The van der Waals surface area contributed by atoms with E-state index in [-0.39, 0.29) is 41.3 Å². The summed E-state index contributed by atoms with van der Waals surface area (Å²) in [6.45, 7) is 6.64. The molecular weight excluding hydrogens is 629 g/mol. The highest BCUT2D eigenvalue weighted by molar-refractivity contribution is 6.07. The van der Waals surface area contributed by atoms with Gasteiger partial charge in [0.25, 0.3) is 5.91 Å². The standard InChI is InChI=1S/C35H42FN9O4/c1-20-14-24-22(16-38-45(24)25-8-5-6-13-48-25)26(21(20)2)29-27(36)28-23(15-37-29)30(40-33(39-28)49-19-34(10-11-34)17-43(3)4)44-12-7-9-35(18-44)31(46)41-32(47)42-35/h14-16,25H,5-13,17-19H2,1-4H3,(H2,41,42,46,47)/t25?,35-/m1/s1. The summed E-state index contributed by atoms with van der Waals surface area (Å²) < 4.78 is 31.4. The van der Waals surface area contributed by atoms with Crippen molar-refractivity contribution in [1.29, 1.82) is 0 Å². The highest BCUT2D eigenvalue weighted by atomic mass is 19.1. The van der Waals surface area contributed by atoms with Crippen LogP contribution in [0.1, 0.15) is 62.3 Å². The maximum atomic E-state index is 17.1. The third kappa shape index (κ3) is 5.54. The molecule has 3 saturated heterocycles. The fourth-order valence-electron chi connectivity index (χ4n) is 7.84. The Balaban J connectivity index is 1.25. The number of amides is 3. The van der Waals surface area contributed by atoms with Gasteiger partial charge in [-0.2, -0.15) is 15.1 Å². The molecule has 6 heterocycles. The molecule has 3 aliphatic heterocycles. The first-order valence-electron chi connectivity index (χ1n) is 17.2. The molecule has 2 N–H and O–H groups in total. The molecule has 1 spiro atoms. The van der Waals surface area contributed by atoms with Crippen molar-refractivity contribution >= 4 is 39.6 Å². The first-order chi connectivity index (χ1) is 23.6. The van der Waals surface area contributed by atoms with E-state index in [0.717, 1.165) is 60.7 Å². The number of hydrogen-bond donors (Lipinski definition) is 2. The van der Waals surface area contributed by atoms with E-state index >= 15 is 4.39 Å². The van der Waals surface area contributed by atoms with Crippen molar-refractivity contribution in [1.82, 2.24) is 40.3 Å². The molecule has 2 atom stereocenters. The smallest absolute Gasteiger partial charge is 0.322 e. The van der Waals surface area contributed by atoms with E-state index in [9.17, 15) is 9.59 Å². The van der Waals surface area contributed by atoms with E-state index in [1.54, 1.807) is 12.4 Å². The van der Waals surface area contributed by atoms with Crippen LogP contribution in [0.4, 0.5) is 15.0 Å². The predicted octanol–water partition coefficient (Wildman–Crippen LogP) is 4.40. The molecule has 13 nitrogen and oxygen atoms in total. The summed E-state index contributed by atoms with van der Waals surface area (Å²) >= 11 is 0. The Morgan fingerprint density at radius 2 is 1.94 bits per heavy atom. The number of urea groups is 1. The largest absolute Gasteiger partial charge is 0.463 e. The van der Waals surface area contributed by atoms with Crippen molar-refractivity contribution in [2.75, 3.05) is 51.8 Å². The second-order valence-electron chi connectivity index (χ2n) is 14.6. The molecule has 1 aliphatic carbocycles. The first kappa shape index (κ1) is 31.8. The molecule has 14 heteroatoms. The summed E-state index contributed by atoms with van der Waals surface area (Å²) in [5.41, 5.74) is 2.55. The minimum atomic E-state index is -1.10. The van der Waals surface area contributed by atoms with Crippen LogP contribution in [-0.2, 0) is 9.53 Å². The van der Waals surface area contributed by atoms with E-state index in [1.165, 1.54) is 0 Å². The van der Waals surface area contributed by atoms with Crippen LogP contribution in [0.15, 0.2) is 18.5 Å². The number of pyridine rings is 1. The van der Waals surface area contributed by atoms with Gasteiger partial charge in [-0.1, -0.05) is 0 Å². The van der Waals surface area contributed by atoms with Crippen molar-refractivity contribution in [2.45, 2.75) is 70.6 Å². The van der Waals surface area contributed by atoms with Crippen molar-refractivity contribution in [2.24, 2.45) is 5.41 Å². The number of rotatable bonds is 8. The fourth-order valence-corrected chi connectivity index (χ4v) is 7.84. The number of aryl methyl sites for hydroxylation is 1. The predicted molar refractivity (Wildman–Crippen MR) is 181 cm³/mol. The molecule has 4 fully saturated rings. The van der Waals surface area contributed by atoms with Gasteiger partial charge in [0.15, 0.2) is 12.0 Å². The number of piperidine rings is 1. The molecule has 1 unspecified atom stereocenters. The van der Waals surface area contributed by atoms with Crippen molar-refractivity contribution in [3.8, 4) is 17.3 Å². The van der Waals surface area contributed by atoms with Gasteiger partial charge >= 0.3 is 12.0 Å². The molecule has 4 aromatic rings. The number of imide groups is 1. The van der Waals surface area contributed by atoms with Crippen molar-refractivity contribution in [3.05, 3.63) is 35.4 Å². The Labute approximate surface area is 283 Å². The summed E-state index contributed by atoms with van der Waals surface area (Å²) in [7, 11) is 4.07. The Morgan fingerprint density at radius 3 is 2.65 bits per heavy atom. The van der Waals surface area contributed by atoms with Crippen LogP contribution in [0.25, 0.3) is 33.1 Å². The third-order valence-electron chi connectivity index (χ3n) is 10.7. The molecule has 1 saturated carbocycles. The van der Waals surface area contributed by atoms with E-state index < -0.39 is 17.4 Å². The van der Waals surface area contributed by atoms with Crippen LogP contribution >= 0.6 is 0 Å². The second kappa shape index (κ2) is 11.9. The Kier molecular flexibility index (Phi) is 7.70. The minimum Gasteiger partial charge on any atom is -0.463 e. The van der Waals surface area contributed by atoms with E-state index in [2.05, 4.69) is 26.6 Å². The van der Waals surface area contributed by atoms with Gasteiger partial charge in [0, 0.05) is 42.3 Å². The summed E-state index contributed by atoms with van der Waals surface area (Å²) in [5.74, 6) is -0.548. The SMILES string of the molecule is Cc1cc2c(cnn2C2CCCCO2)c(-c2ncc3c(N4CCC[C@]5(C4)NC(=O)NC5=O)nc(OCC4(CN(C)C)CC4)nc3c2F)c1C. The number of carbonyl (C=O) groups excluding carboxylic acids is 2. The number of benzene rings is 1. The van der Waals surface area contributed by atoms with Crippen LogP contribution in [0, 0.1) is 25.1 Å². The third-order valence-corrected chi connectivity index (χ3v) is 10.7. The van der Waals surface area contributed by atoms with Crippen LogP contribution < -0.4 is 20.3 Å². The number of carbonyl (C=O) groups is 2. The Bertz CT molecular complexity index is 1990. The van der Waals surface area contributed by atoms with Crippen molar-refractivity contribution < 1.29 is 23.5 Å². The quantitative estimate of drug-likeness (QED) is 0.259. The maximum Gasteiger partial charge on any atom is 0.322 e. The number of nitrogens with one attached hydrogen (secondary N) is 2. The molecule has 258 valence electrons. The van der Waals surface area contributed by atoms with Gasteiger partial charge in [0.1, 0.15) is 22.6 Å². The number of halogens is 1. The highest BCUT2D eigenvalue weighted by Gasteiger charge is 2.49. The van der Waals surface area contributed by atoms with Gasteiger partial charge in [-0.25, -0.2) is 13.9 Å². The van der Waals surface area contributed by atoms with Gasteiger partial charge in [-0.3, -0.25) is 15.1 Å². The summed E-state index contributed by atoms with van der Waals surface area (Å²) in [6, 6.07) is 1.63. The Morgan fingerprint density at radius 1 is 1.10 bits per heavy atom. The van der Waals surface area contributed by atoms with Gasteiger partial charge in [0.05, 0.1) is 30.3 Å². The molecule has 3 amide bonds. The normalized spacial score (nSPS) is 23.5. The van der Waals surface area contributed by atoms with Gasteiger partial charge in [0.2, 0.25) is 0 Å². The molecule has 8 rings (SSSR count). The lowest BCUT2D eigenvalue weighted by molar-refractivity contribution is -0.124. The summed E-state index contributed by atoms with van der Waals surface area (Å²) in [5, 5.41) is 11.1. The van der Waals surface area contributed by atoms with E-state index in [1.807, 2.05) is 37.5 Å². The van der Waals surface area contributed by atoms with Gasteiger partial charge < -0.3 is 24.6 Å². The number of fused-ring (bicyclic) bond motifs is 2. The lowest BCUT2D eigenvalue weighted by Gasteiger charge is -2.39.